The van der Waals surface area contributed by atoms with Crippen molar-refractivity contribution in [2.24, 2.45) is 13.0 Å². The molecule has 1 aliphatic heterocycles. The van der Waals surface area contributed by atoms with E-state index < -0.39 is 0 Å². The molecular formula is C15H24N4O. The molecule has 1 aromatic rings. The van der Waals surface area contributed by atoms with E-state index in [0.717, 1.165) is 38.3 Å². The van der Waals surface area contributed by atoms with Gasteiger partial charge in [-0.15, -0.1) is 0 Å². The number of piperazine rings is 1. The summed E-state index contributed by atoms with van der Waals surface area (Å²) in [6.07, 6.45) is 6.01. The van der Waals surface area contributed by atoms with E-state index in [2.05, 4.69) is 33.2 Å². The monoisotopic (exact) mass is 276 g/mol. The summed E-state index contributed by atoms with van der Waals surface area (Å²) in [5, 5.41) is 0. The van der Waals surface area contributed by atoms with Crippen molar-refractivity contribution < 1.29 is 4.79 Å². The van der Waals surface area contributed by atoms with Gasteiger partial charge in [0.1, 0.15) is 5.82 Å². The lowest BCUT2D eigenvalue weighted by atomic mass is 10.0. The van der Waals surface area contributed by atoms with Crippen molar-refractivity contribution in [3.05, 3.63) is 18.2 Å². The van der Waals surface area contributed by atoms with E-state index in [1.807, 2.05) is 19.4 Å². The zero-order valence-electron chi connectivity index (χ0n) is 12.6. The van der Waals surface area contributed by atoms with Crippen LogP contribution in [0, 0.1) is 5.92 Å². The first-order chi connectivity index (χ1) is 9.58. The van der Waals surface area contributed by atoms with Crippen LogP contribution in [-0.2, 0) is 18.4 Å². The average molecular weight is 276 g/mol. The first-order valence-electron chi connectivity index (χ1n) is 7.58. The number of amides is 1. The molecular weight excluding hydrogens is 252 g/mol. The summed E-state index contributed by atoms with van der Waals surface area (Å²) < 4.78 is 2.07. The molecule has 1 saturated heterocycles. The summed E-state index contributed by atoms with van der Waals surface area (Å²) in [5.41, 5.74) is 0. The molecule has 1 saturated carbocycles. The Bertz CT molecular complexity index is 494. The van der Waals surface area contributed by atoms with E-state index in [4.69, 9.17) is 0 Å². The summed E-state index contributed by atoms with van der Waals surface area (Å²) in [6, 6.07) is 0.667. The minimum atomic E-state index is 0.289. The van der Waals surface area contributed by atoms with Crippen LogP contribution < -0.4 is 0 Å². The highest BCUT2D eigenvalue weighted by Gasteiger charge is 2.39. The highest BCUT2D eigenvalue weighted by Crippen LogP contribution is 2.33. The van der Waals surface area contributed by atoms with Crippen LogP contribution in [0.3, 0.4) is 0 Å². The van der Waals surface area contributed by atoms with Crippen molar-refractivity contribution in [2.75, 3.05) is 13.1 Å². The Balaban J connectivity index is 1.65. The highest BCUT2D eigenvalue weighted by atomic mass is 16.2. The predicted octanol–water partition coefficient (Wildman–Crippen LogP) is 1.25. The number of hydrogen-bond acceptors (Lipinski definition) is 3. The third kappa shape index (κ3) is 2.46. The molecule has 5 nitrogen and oxygen atoms in total. The smallest absolute Gasteiger partial charge is 0.226 e. The van der Waals surface area contributed by atoms with E-state index >= 15 is 0 Å². The van der Waals surface area contributed by atoms with Crippen LogP contribution in [0.1, 0.15) is 32.5 Å². The standard InChI is InChI=1S/C15H24N4O/c1-11-12(2)19(15(20)13-4-5-13)9-8-18(11)10-14-16-6-7-17(14)3/h6-7,11-13H,4-5,8-10H2,1-3H3/t11-,12-/m1/s1. The lowest BCUT2D eigenvalue weighted by Gasteiger charge is -2.45. The quantitative estimate of drug-likeness (QED) is 0.834. The molecule has 2 aliphatic rings. The average Bonchev–Trinajstić information content (AvgIpc) is 3.20. The van der Waals surface area contributed by atoms with Gasteiger partial charge in [-0.25, -0.2) is 4.98 Å². The van der Waals surface area contributed by atoms with Crippen molar-refractivity contribution in [1.29, 1.82) is 0 Å². The second kappa shape index (κ2) is 5.20. The number of nitrogens with zero attached hydrogens (tertiary/aromatic N) is 4. The number of imidazole rings is 1. The Morgan fingerprint density at radius 1 is 1.30 bits per heavy atom. The van der Waals surface area contributed by atoms with Gasteiger partial charge in [-0.2, -0.15) is 0 Å². The van der Waals surface area contributed by atoms with Gasteiger partial charge >= 0.3 is 0 Å². The van der Waals surface area contributed by atoms with E-state index in [1.165, 1.54) is 0 Å². The molecule has 2 heterocycles. The number of aryl methyl sites for hydroxylation is 1. The highest BCUT2D eigenvalue weighted by molar-refractivity contribution is 5.81. The van der Waals surface area contributed by atoms with Crippen molar-refractivity contribution in [1.82, 2.24) is 19.4 Å². The fraction of sp³-hybridized carbons (Fsp3) is 0.733. The maximum Gasteiger partial charge on any atom is 0.226 e. The number of aromatic nitrogens is 2. The van der Waals surface area contributed by atoms with Crippen molar-refractivity contribution in [3.63, 3.8) is 0 Å². The second-order valence-corrected chi connectivity index (χ2v) is 6.21. The Morgan fingerprint density at radius 2 is 2.05 bits per heavy atom. The molecule has 0 spiro atoms. The molecule has 110 valence electrons. The van der Waals surface area contributed by atoms with Gasteiger partial charge in [0.2, 0.25) is 5.91 Å². The van der Waals surface area contributed by atoms with Gasteiger partial charge in [0.05, 0.1) is 6.54 Å². The fourth-order valence-corrected chi connectivity index (χ4v) is 3.04. The van der Waals surface area contributed by atoms with Crippen molar-refractivity contribution >= 4 is 5.91 Å². The number of rotatable bonds is 3. The van der Waals surface area contributed by atoms with Crippen LogP contribution in [0.2, 0.25) is 0 Å². The third-order valence-electron chi connectivity index (χ3n) is 4.87. The SMILES string of the molecule is C[C@@H]1[C@@H](C)N(C(=O)C2CC2)CCN1Cc1nccn1C. The topological polar surface area (TPSA) is 41.4 Å². The number of carbonyl (C=O) groups excluding carboxylic acids is 1. The van der Waals surface area contributed by atoms with Crippen LogP contribution in [0.5, 0.6) is 0 Å². The largest absolute Gasteiger partial charge is 0.337 e. The summed E-state index contributed by atoms with van der Waals surface area (Å²) in [6.45, 7) is 7.05. The molecule has 5 heteroatoms. The lowest BCUT2D eigenvalue weighted by molar-refractivity contribution is -0.139. The molecule has 0 unspecified atom stereocenters. The first kappa shape index (κ1) is 13.6. The van der Waals surface area contributed by atoms with Gasteiger partial charge < -0.3 is 9.47 Å². The molecule has 1 amide bonds. The van der Waals surface area contributed by atoms with Crippen molar-refractivity contribution in [2.45, 2.75) is 45.3 Å². The maximum atomic E-state index is 12.3. The summed E-state index contributed by atoms with van der Waals surface area (Å²) in [4.78, 5) is 21.2. The molecule has 0 N–H and O–H groups in total. The van der Waals surface area contributed by atoms with Crippen LogP contribution >= 0.6 is 0 Å². The number of carbonyl (C=O) groups is 1. The van der Waals surface area contributed by atoms with Crippen LogP contribution in [0.4, 0.5) is 0 Å². The summed E-state index contributed by atoms with van der Waals surface area (Å²) in [7, 11) is 2.03. The van der Waals surface area contributed by atoms with Gasteiger partial charge in [0, 0.05) is 50.5 Å². The molecule has 0 bridgehead atoms. The van der Waals surface area contributed by atoms with Crippen LogP contribution in [-0.4, -0.2) is 50.4 Å². The summed E-state index contributed by atoms with van der Waals surface area (Å²) >= 11 is 0. The lowest BCUT2D eigenvalue weighted by Crippen LogP contribution is -2.58. The molecule has 2 atom stereocenters. The van der Waals surface area contributed by atoms with Gasteiger partial charge in [-0.3, -0.25) is 9.69 Å². The van der Waals surface area contributed by atoms with Crippen LogP contribution in [0.15, 0.2) is 12.4 Å². The molecule has 0 aromatic carbocycles. The number of hydrogen-bond donors (Lipinski definition) is 0. The minimum Gasteiger partial charge on any atom is -0.337 e. The molecule has 3 rings (SSSR count). The molecule has 20 heavy (non-hydrogen) atoms. The van der Waals surface area contributed by atoms with E-state index in [9.17, 15) is 4.79 Å². The Kier molecular flexibility index (Phi) is 3.54. The van der Waals surface area contributed by atoms with Gasteiger partial charge in [0.15, 0.2) is 0 Å². The summed E-state index contributed by atoms with van der Waals surface area (Å²) in [5.74, 6) is 1.79. The first-order valence-corrected chi connectivity index (χ1v) is 7.58. The predicted molar refractivity (Wildman–Crippen MR) is 77.0 cm³/mol. The van der Waals surface area contributed by atoms with Gasteiger partial charge in [-0.05, 0) is 26.7 Å². The van der Waals surface area contributed by atoms with Gasteiger partial charge in [-0.1, -0.05) is 0 Å². The fourth-order valence-electron chi connectivity index (χ4n) is 3.04. The molecule has 1 aliphatic carbocycles. The Hall–Kier alpha value is -1.36. The molecule has 0 radical (unpaired) electrons. The Morgan fingerprint density at radius 3 is 2.65 bits per heavy atom. The Labute approximate surface area is 120 Å². The van der Waals surface area contributed by atoms with Gasteiger partial charge in [0.25, 0.3) is 0 Å². The van der Waals surface area contributed by atoms with Crippen LogP contribution in [0.25, 0.3) is 0 Å². The maximum absolute atomic E-state index is 12.3. The van der Waals surface area contributed by atoms with Crippen molar-refractivity contribution in [3.8, 4) is 0 Å². The van der Waals surface area contributed by atoms with E-state index in [0.29, 0.717) is 17.9 Å². The zero-order valence-corrected chi connectivity index (χ0v) is 12.6. The van der Waals surface area contributed by atoms with E-state index in [1.54, 1.807) is 0 Å². The zero-order chi connectivity index (χ0) is 14.3. The second-order valence-electron chi connectivity index (χ2n) is 6.21. The third-order valence-corrected chi connectivity index (χ3v) is 4.87. The molecule has 2 fully saturated rings. The minimum absolute atomic E-state index is 0.289. The normalized spacial score (nSPS) is 27.9. The van der Waals surface area contributed by atoms with E-state index in [-0.39, 0.29) is 6.04 Å². The molecule has 1 aromatic heterocycles.